The molecule has 0 aliphatic carbocycles. The van der Waals surface area contributed by atoms with Crippen LogP contribution in [0.4, 0.5) is 23.4 Å². The SMILES string of the molecule is Cc1nc(C(=O)N2CCCC3CN(c4ccc(C(F)(F)F)cn4)CC32)c(-c2ccc(F)cc2)s1. The number of piperidine rings is 1. The molecule has 5 nitrogen and oxygen atoms in total. The zero-order chi connectivity index (χ0) is 24.0. The van der Waals surface area contributed by atoms with E-state index in [1.54, 1.807) is 12.1 Å². The quantitative estimate of drug-likeness (QED) is 0.461. The van der Waals surface area contributed by atoms with E-state index < -0.39 is 11.7 Å². The third-order valence-electron chi connectivity index (χ3n) is 6.48. The molecule has 0 radical (unpaired) electrons. The van der Waals surface area contributed by atoms with E-state index in [4.69, 9.17) is 0 Å². The summed E-state index contributed by atoms with van der Waals surface area (Å²) in [6.07, 6.45) is -1.79. The van der Waals surface area contributed by atoms with Crippen LogP contribution in [-0.2, 0) is 6.18 Å². The molecule has 0 bridgehead atoms. The highest BCUT2D eigenvalue weighted by Gasteiger charge is 2.42. The number of halogens is 4. The van der Waals surface area contributed by atoms with Crippen LogP contribution in [0.15, 0.2) is 42.6 Å². The predicted octanol–water partition coefficient (Wildman–Crippen LogP) is 5.41. The van der Waals surface area contributed by atoms with Crippen LogP contribution in [-0.4, -0.2) is 46.5 Å². The van der Waals surface area contributed by atoms with Gasteiger partial charge in [0, 0.05) is 25.8 Å². The summed E-state index contributed by atoms with van der Waals surface area (Å²) >= 11 is 1.40. The van der Waals surface area contributed by atoms with Crippen molar-refractivity contribution in [3.05, 3.63) is 64.7 Å². The lowest BCUT2D eigenvalue weighted by atomic mass is 9.91. The number of hydrogen-bond donors (Lipinski definition) is 0. The number of amides is 1. The molecule has 2 saturated heterocycles. The molecule has 3 aromatic rings. The summed E-state index contributed by atoms with van der Waals surface area (Å²) in [5, 5.41) is 0.748. The van der Waals surface area contributed by atoms with E-state index in [0.717, 1.165) is 35.7 Å². The lowest BCUT2D eigenvalue weighted by Gasteiger charge is -2.36. The molecule has 1 amide bonds. The van der Waals surface area contributed by atoms with Crippen molar-refractivity contribution in [2.45, 2.75) is 32.0 Å². The second-order valence-electron chi connectivity index (χ2n) is 8.69. The maximum atomic E-state index is 13.7. The van der Waals surface area contributed by atoms with Crippen LogP contribution in [0.1, 0.15) is 33.9 Å². The normalized spacial score (nSPS) is 20.5. The van der Waals surface area contributed by atoms with Gasteiger partial charge in [-0.15, -0.1) is 11.3 Å². The van der Waals surface area contributed by atoms with Gasteiger partial charge in [-0.2, -0.15) is 13.2 Å². The minimum Gasteiger partial charge on any atom is -0.354 e. The minimum atomic E-state index is -4.43. The van der Waals surface area contributed by atoms with Gasteiger partial charge < -0.3 is 9.80 Å². The molecule has 0 saturated carbocycles. The van der Waals surface area contributed by atoms with Gasteiger partial charge in [-0.05, 0) is 55.5 Å². The number of hydrogen-bond acceptors (Lipinski definition) is 5. The fourth-order valence-corrected chi connectivity index (χ4v) is 5.78. The number of fused-ring (bicyclic) bond motifs is 1. The minimum absolute atomic E-state index is 0.0755. The van der Waals surface area contributed by atoms with Crippen molar-refractivity contribution in [3.63, 3.8) is 0 Å². The van der Waals surface area contributed by atoms with Crippen molar-refractivity contribution in [1.82, 2.24) is 14.9 Å². The van der Waals surface area contributed by atoms with E-state index in [1.165, 1.54) is 29.5 Å². The van der Waals surface area contributed by atoms with Crippen molar-refractivity contribution in [1.29, 1.82) is 0 Å². The molecule has 2 aliphatic heterocycles. The van der Waals surface area contributed by atoms with Gasteiger partial charge in [0.2, 0.25) is 0 Å². The largest absolute Gasteiger partial charge is 0.417 e. The summed E-state index contributed by atoms with van der Waals surface area (Å²) in [6.45, 7) is 3.56. The van der Waals surface area contributed by atoms with Crippen LogP contribution >= 0.6 is 11.3 Å². The van der Waals surface area contributed by atoms with E-state index in [-0.39, 0.29) is 23.7 Å². The van der Waals surface area contributed by atoms with E-state index in [1.807, 2.05) is 16.7 Å². The molecule has 0 spiro atoms. The number of nitrogens with zero attached hydrogens (tertiary/aromatic N) is 4. The Labute approximate surface area is 198 Å². The van der Waals surface area contributed by atoms with Gasteiger partial charge in [0.1, 0.15) is 17.3 Å². The van der Waals surface area contributed by atoms with Crippen molar-refractivity contribution in [2.24, 2.45) is 5.92 Å². The monoisotopic (exact) mass is 490 g/mol. The van der Waals surface area contributed by atoms with E-state index >= 15 is 0 Å². The zero-order valence-electron chi connectivity index (χ0n) is 18.3. The van der Waals surface area contributed by atoms with Crippen LogP contribution in [0.3, 0.4) is 0 Å². The van der Waals surface area contributed by atoms with Gasteiger partial charge in [0.25, 0.3) is 5.91 Å². The molecule has 1 aromatic carbocycles. The van der Waals surface area contributed by atoms with E-state index in [9.17, 15) is 22.4 Å². The maximum Gasteiger partial charge on any atom is 0.417 e. The van der Waals surface area contributed by atoms with Gasteiger partial charge in [-0.1, -0.05) is 12.1 Å². The number of anilines is 1. The van der Waals surface area contributed by atoms with Crippen molar-refractivity contribution < 1.29 is 22.4 Å². The Bertz CT molecular complexity index is 1190. The van der Waals surface area contributed by atoms with E-state index in [2.05, 4.69) is 9.97 Å². The Balaban J connectivity index is 1.39. The average molecular weight is 491 g/mol. The first-order valence-corrected chi connectivity index (χ1v) is 11.8. The number of pyridine rings is 1. The molecule has 2 atom stereocenters. The first-order chi connectivity index (χ1) is 16.2. The predicted molar refractivity (Wildman–Crippen MR) is 121 cm³/mol. The maximum absolute atomic E-state index is 13.7. The number of aryl methyl sites for hydroxylation is 1. The standard InChI is InChI=1S/C24H22F4N4OS/c1-14-30-21(22(34-14)15-4-7-18(25)8-5-15)23(33)32-10-2-3-16-12-31(13-19(16)32)20-9-6-17(11-29-20)24(26,27)28/h4-9,11,16,19H,2-3,10,12-13H2,1H3. The van der Waals surface area contributed by atoms with Gasteiger partial charge in [-0.3, -0.25) is 4.79 Å². The fraction of sp³-hybridized carbons (Fsp3) is 0.375. The van der Waals surface area contributed by atoms with Crippen molar-refractivity contribution in [3.8, 4) is 10.4 Å². The lowest BCUT2D eigenvalue weighted by Crippen LogP contribution is -2.48. The number of thiazole rings is 1. The fourth-order valence-electron chi connectivity index (χ4n) is 4.87. The topological polar surface area (TPSA) is 49.3 Å². The lowest BCUT2D eigenvalue weighted by molar-refractivity contribution is -0.137. The molecule has 5 rings (SSSR count). The number of aromatic nitrogens is 2. The summed E-state index contributed by atoms with van der Waals surface area (Å²) in [4.78, 5) is 26.7. The highest BCUT2D eigenvalue weighted by Crippen LogP contribution is 2.37. The Kier molecular flexibility index (Phi) is 5.79. The molecule has 178 valence electrons. The zero-order valence-corrected chi connectivity index (χ0v) is 19.2. The third-order valence-corrected chi connectivity index (χ3v) is 7.50. The molecule has 2 unspecified atom stereocenters. The molecule has 10 heteroatoms. The highest BCUT2D eigenvalue weighted by atomic mass is 32.1. The smallest absolute Gasteiger partial charge is 0.354 e. The molecule has 34 heavy (non-hydrogen) atoms. The molecule has 2 aliphatic rings. The second kappa shape index (κ2) is 8.65. The van der Waals surface area contributed by atoms with Crippen molar-refractivity contribution >= 4 is 23.1 Å². The summed E-state index contributed by atoms with van der Waals surface area (Å²) < 4.78 is 52.1. The molecule has 2 fully saturated rings. The van der Waals surface area contributed by atoms with E-state index in [0.29, 0.717) is 36.0 Å². The third kappa shape index (κ3) is 4.26. The number of carbonyl (C=O) groups is 1. The molecule has 4 heterocycles. The number of carbonyl (C=O) groups excluding carboxylic acids is 1. The Morgan fingerprint density at radius 1 is 1.12 bits per heavy atom. The van der Waals surface area contributed by atoms with Crippen LogP contribution in [0.5, 0.6) is 0 Å². The summed E-state index contributed by atoms with van der Waals surface area (Å²) in [6, 6.07) is 8.37. The molecule has 0 N–H and O–H groups in total. The number of alkyl halides is 3. The molecular formula is C24H22F4N4OS. The number of likely N-dealkylation sites (tertiary alicyclic amines) is 1. The average Bonchev–Trinajstić information content (AvgIpc) is 3.42. The van der Waals surface area contributed by atoms with Crippen LogP contribution in [0, 0.1) is 18.7 Å². The summed E-state index contributed by atoms with van der Waals surface area (Å²) in [5.41, 5.74) is 0.323. The number of benzene rings is 1. The Morgan fingerprint density at radius 3 is 2.56 bits per heavy atom. The molecular weight excluding hydrogens is 468 g/mol. The first kappa shape index (κ1) is 22.8. The van der Waals surface area contributed by atoms with Gasteiger partial charge in [0.15, 0.2) is 0 Å². The summed E-state index contributed by atoms with van der Waals surface area (Å²) in [5.74, 6) is 0.169. The van der Waals surface area contributed by atoms with Gasteiger partial charge in [-0.25, -0.2) is 14.4 Å². The van der Waals surface area contributed by atoms with Gasteiger partial charge >= 0.3 is 6.18 Å². The summed E-state index contributed by atoms with van der Waals surface area (Å²) in [7, 11) is 0. The Hall–Kier alpha value is -3.01. The number of rotatable bonds is 3. The van der Waals surface area contributed by atoms with Crippen LogP contribution < -0.4 is 4.90 Å². The van der Waals surface area contributed by atoms with Crippen LogP contribution in [0.2, 0.25) is 0 Å². The second-order valence-corrected chi connectivity index (χ2v) is 9.90. The van der Waals surface area contributed by atoms with Gasteiger partial charge in [0.05, 0.1) is 21.5 Å². The Morgan fingerprint density at radius 2 is 1.88 bits per heavy atom. The molecule has 2 aromatic heterocycles. The highest BCUT2D eigenvalue weighted by molar-refractivity contribution is 7.15. The first-order valence-electron chi connectivity index (χ1n) is 11.0. The van der Waals surface area contributed by atoms with Crippen molar-refractivity contribution in [2.75, 3.05) is 24.5 Å². The van der Waals surface area contributed by atoms with Crippen LogP contribution in [0.25, 0.3) is 10.4 Å².